The summed E-state index contributed by atoms with van der Waals surface area (Å²) < 4.78 is 18.4. The average Bonchev–Trinajstić information content (AvgIpc) is 3.13. The fraction of sp³-hybridized carbons (Fsp3) is 0. The molecular formula is C14H16N2O2S3. The highest BCUT2D eigenvalue weighted by atomic mass is 32.2. The highest BCUT2D eigenvalue weighted by molar-refractivity contribution is 7.86. The largest absolute Gasteiger partial charge is 0.271 e. The Morgan fingerprint density at radius 2 is 0.952 bits per heavy atom. The molecular weight excluding hydrogens is 324 g/mol. The minimum atomic E-state index is -3.67. The molecule has 112 valence electrons. The van der Waals surface area contributed by atoms with Crippen LogP contribution in [-0.4, -0.2) is 8.42 Å². The summed E-state index contributed by atoms with van der Waals surface area (Å²) in [5.74, 6) is 0. The van der Waals surface area contributed by atoms with Gasteiger partial charge in [-0.2, -0.15) is 8.42 Å². The van der Waals surface area contributed by atoms with Crippen LogP contribution in [0.1, 0.15) is 0 Å². The second kappa shape index (κ2) is 9.43. The Morgan fingerprint density at radius 1 is 0.667 bits per heavy atom. The quantitative estimate of drug-likeness (QED) is 0.712. The number of hydrogen-bond acceptors (Lipinski definition) is 4. The van der Waals surface area contributed by atoms with E-state index in [9.17, 15) is 8.42 Å². The molecule has 0 radical (unpaired) electrons. The Hall–Kier alpha value is -1.51. The minimum absolute atomic E-state index is 1.37. The molecule has 0 bridgehead atoms. The zero-order chi connectivity index (χ0) is 15.6. The first-order chi connectivity index (χ1) is 9.97. The van der Waals surface area contributed by atoms with Crippen LogP contribution in [0.5, 0.6) is 0 Å². The molecule has 2 heterocycles. The molecule has 0 saturated carbocycles. The molecule has 21 heavy (non-hydrogen) atoms. The van der Waals surface area contributed by atoms with Gasteiger partial charge < -0.3 is 0 Å². The molecule has 0 saturated heterocycles. The molecule has 7 heteroatoms. The SMILES string of the molecule is NS(N)(=O)=O.c1ccccc1.c1csc(-c2cccs2)c1. The summed E-state index contributed by atoms with van der Waals surface area (Å²) in [4.78, 5) is 2.74. The van der Waals surface area contributed by atoms with Crippen molar-refractivity contribution in [3.05, 3.63) is 71.4 Å². The van der Waals surface area contributed by atoms with Crippen molar-refractivity contribution in [2.24, 2.45) is 10.3 Å². The molecule has 0 amide bonds. The molecule has 3 rings (SSSR count). The van der Waals surface area contributed by atoms with Gasteiger partial charge in [-0.1, -0.05) is 48.5 Å². The third-order valence-corrected chi connectivity index (χ3v) is 3.89. The van der Waals surface area contributed by atoms with E-state index in [1.54, 1.807) is 22.7 Å². The molecule has 0 aliphatic heterocycles. The maximum atomic E-state index is 9.19. The minimum Gasteiger partial charge on any atom is -0.216 e. The van der Waals surface area contributed by atoms with E-state index in [4.69, 9.17) is 0 Å². The monoisotopic (exact) mass is 340 g/mol. The molecule has 0 fully saturated rings. The van der Waals surface area contributed by atoms with Gasteiger partial charge >= 0.3 is 0 Å². The highest BCUT2D eigenvalue weighted by Crippen LogP contribution is 2.28. The molecule has 1 aromatic carbocycles. The molecule has 0 unspecified atom stereocenters. The summed E-state index contributed by atoms with van der Waals surface area (Å²) in [5.41, 5.74) is 0. The predicted molar refractivity (Wildman–Crippen MR) is 91.4 cm³/mol. The number of hydrogen-bond donors (Lipinski definition) is 2. The number of nitrogens with two attached hydrogens (primary N) is 2. The summed E-state index contributed by atoms with van der Waals surface area (Å²) >= 11 is 3.58. The van der Waals surface area contributed by atoms with Crippen molar-refractivity contribution in [3.63, 3.8) is 0 Å². The third-order valence-electron chi connectivity index (χ3n) is 1.95. The van der Waals surface area contributed by atoms with Crippen molar-refractivity contribution in [2.75, 3.05) is 0 Å². The first-order valence-electron chi connectivity index (χ1n) is 5.85. The van der Waals surface area contributed by atoms with Gasteiger partial charge in [-0.15, -0.1) is 22.7 Å². The zero-order valence-electron chi connectivity index (χ0n) is 11.1. The van der Waals surface area contributed by atoms with E-state index in [1.165, 1.54) is 9.75 Å². The summed E-state index contributed by atoms with van der Waals surface area (Å²) in [7, 11) is -3.67. The first-order valence-corrected chi connectivity index (χ1v) is 9.21. The first kappa shape index (κ1) is 17.5. The van der Waals surface area contributed by atoms with Crippen molar-refractivity contribution in [2.45, 2.75) is 0 Å². The van der Waals surface area contributed by atoms with Gasteiger partial charge in [-0.05, 0) is 22.9 Å². The second-order valence-corrected chi connectivity index (χ2v) is 6.77. The summed E-state index contributed by atoms with van der Waals surface area (Å²) in [6.07, 6.45) is 0. The normalized spacial score (nSPS) is 9.81. The van der Waals surface area contributed by atoms with Crippen molar-refractivity contribution in [3.8, 4) is 9.75 Å². The Labute approximate surface area is 132 Å². The maximum absolute atomic E-state index is 9.19. The van der Waals surface area contributed by atoms with Gasteiger partial charge in [0.1, 0.15) is 0 Å². The van der Waals surface area contributed by atoms with Gasteiger partial charge in [0.15, 0.2) is 0 Å². The maximum Gasteiger partial charge on any atom is 0.271 e. The fourth-order valence-electron chi connectivity index (χ4n) is 1.22. The Morgan fingerprint density at radius 3 is 1.14 bits per heavy atom. The van der Waals surface area contributed by atoms with E-state index in [1.807, 2.05) is 36.4 Å². The van der Waals surface area contributed by atoms with Crippen LogP contribution < -0.4 is 10.3 Å². The lowest BCUT2D eigenvalue weighted by Gasteiger charge is -1.84. The summed E-state index contributed by atoms with van der Waals surface area (Å²) in [5, 5.41) is 12.4. The van der Waals surface area contributed by atoms with Crippen LogP contribution in [0.4, 0.5) is 0 Å². The van der Waals surface area contributed by atoms with E-state index in [0.717, 1.165) is 0 Å². The number of thiophene rings is 2. The van der Waals surface area contributed by atoms with Crippen molar-refractivity contribution < 1.29 is 8.42 Å². The lowest BCUT2D eigenvalue weighted by molar-refractivity contribution is 0.599. The Kier molecular flexibility index (Phi) is 7.88. The fourth-order valence-corrected chi connectivity index (χ4v) is 2.80. The molecule has 4 N–H and O–H groups in total. The van der Waals surface area contributed by atoms with Gasteiger partial charge in [-0.25, -0.2) is 10.3 Å². The van der Waals surface area contributed by atoms with E-state index >= 15 is 0 Å². The standard InChI is InChI=1S/C8H6S2.C6H6.H4N2O2S/c1-3-7(9-5-1)8-4-2-6-10-8;1-2-4-6-5-3-1;1-5(2,3)4/h1-6H;1-6H;(H4,1,2,3,4). The van der Waals surface area contributed by atoms with Gasteiger partial charge in [0, 0.05) is 9.75 Å². The van der Waals surface area contributed by atoms with Crippen LogP contribution in [0, 0.1) is 0 Å². The van der Waals surface area contributed by atoms with Gasteiger partial charge in [-0.3, -0.25) is 0 Å². The summed E-state index contributed by atoms with van der Waals surface area (Å²) in [6.45, 7) is 0. The topological polar surface area (TPSA) is 86.2 Å². The van der Waals surface area contributed by atoms with Crippen molar-refractivity contribution in [1.29, 1.82) is 0 Å². The van der Waals surface area contributed by atoms with Crippen LogP contribution in [0.15, 0.2) is 71.4 Å². The molecule has 0 aliphatic rings. The molecule has 4 nitrogen and oxygen atoms in total. The van der Waals surface area contributed by atoms with Gasteiger partial charge in [0.25, 0.3) is 10.2 Å². The Balaban J connectivity index is 0.000000173. The lowest BCUT2D eigenvalue weighted by Crippen LogP contribution is -2.21. The van der Waals surface area contributed by atoms with Crippen LogP contribution in [0.3, 0.4) is 0 Å². The van der Waals surface area contributed by atoms with E-state index in [-0.39, 0.29) is 0 Å². The lowest BCUT2D eigenvalue weighted by atomic mass is 10.4. The third kappa shape index (κ3) is 9.94. The molecule has 2 aromatic heterocycles. The van der Waals surface area contributed by atoms with E-state index in [2.05, 4.69) is 45.3 Å². The van der Waals surface area contributed by atoms with Crippen LogP contribution in [0.25, 0.3) is 9.75 Å². The van der Waals surface area contributed by atoms with Crippen molar-refractivity contribution in [1.82, 2.24) is 0 Å². The Bertz CT molecular complexity index is 612. The number of rotatable bonds is 1. The summed E-state index contributed by atoms with van der Waals surface area (Å²) in [6, 6.07) is 20.5. The van der Waals surface area contributed by atoms with E-state index < -0.39 is 10.2 Å². The second-order valence-electron chi connectivity index (χ2n) is 3.70. The van der Waals surface area contributed by atoms with Crippen LogP contribution in [0.2, 0.25) is 0 Å². The highest BCUT2D eigenvalue weighted by Gasteiger charge is 1.96. The van der Waals surface area contributed by atoms with Gasteiger partial charge in [0.2, 0.25) is 0 Å². The molecule has 0 atom stereocenters. The molecule has 0 aliphatic carbocycles. The van der Waals surface area contributed by atoms with Crippen molar-refractivity contribution >= 4 is 32.9 Å². The van der Waals surface area contributed by atoms with Gasteiger partial charge in [0.05, 0.1) is 0 Å². The predicted octanol–water partition coefficient (Wildman–Crippen LogP) is 3.31. The molecule has 0 spiro atoms. The smallest absolute Gasteiger partial charge is 0.216 e. The van der Waals surface area contributed by atoms with E-state index in [0.29, 0.717) is 0 Å². The van der Waals surface area contributed by atoms with Crippen LogP contribution >= 0.6 is 22.7 Å². The zero-order valence-corrected chi connectivity index (χ0v) is 13.6. The molecule has 3 aromatic rings. The average molecular weight is 340 g/mol. The van der Waals surface area contributed by atoms with Crippen LogP contribution in [-0.2, 0) is 10.2 Å². The number of benzene rings is 1.